The van der Waals surface area contributed by atoms with E-state index < -0.39 is 0 Å². The van der Waals surface area contributed by atoms with Crippen LogP contribution >= 0.6 is 22.9 Å². The number of benzene rings is 1. The van der Waals surface area contributed by atoms with Crippen molar-refractivity contribution in [3.05, 3.63) is 64.8 Å². The number of rotatable bonds is 4. The molecule has 110 valence electrons. The summed E-state index contributed by atoms with van der Waals surface area (Å²) in [6.07, 6.45) is 3.13. The average molecular weight is 331 g/mol. The highest BCUT2D eigenvalue weighted by Gasteiger charge is 2.07. The Hall–Kier alpha value is -2.44. The highest BCUT2D eigenvalue weighted by atomic mass is 35.5. The molecule has 0 spiro atoms. The van der Waals surface area contributed by atoms with Gasteiger partial charge in [-0.15, -0.1) is 11.3 Å². The van der Waals surface area contributed by atoms with Crippen LogP contribution in [0.5, 0.6) is 0 Å². The number of pyridine rings is 1. The fourth-order valence-corrected chi connectivity index (χ4v) is 2.57. The van der Waals surface area contributed by atoms with Crippen molar-refractivity contribution in [3.63, 3.8) is 0 Å². The average Bonchev–Trinajstić information content (AvgIpc) is 3.03. The van der Waals surface area contributed by atoms with Gasteiger partial charge in [-0.1, -0.05) is 23.7 Å². The molecule has 2 N–H and O–H groups in total. The minimum atomic E-state index is -0.245. The van der Waals surface area contributed by atoms with Gasteiger partial charge in [0, 0.05) is 33.9 Å². The number of anilines is 1. The Kier molecular flexibility index (Phi) is 4.32. The monoisotopic (exact) mass is 330 g/mol. The van der Waals surface area contributed by atoms with Crippen LogP contribution < -0.4 is 10.9 Å². The van der Waals surface area contributed by atoms with Gasteiger partial charge < -0.3 is 0 Å². The van der Waals surface area contributed by atoms with E-state index in [1.807, 2.05) is 29.6 Å². The lowest BCUT2D eigenvalue weighted by molar-refractivity contribution is 0.0962. The van der Waals surface area contributed by atoms with E-state index in [4.69, 9.17) is 11.6 Å². The Morgan fingerprint density at radius 2 is 1.82 bits per heavy atom. The molecule has 3 aromatic rings. The van der Waals surface area contributed by atoms with Crippen LogP contribution in [0.4, 0.5) is 5.13 Å². The first-order valence-corrected chi connectivity index (χ1v) is 7.66. The zero-order chi connectivity index (χ0) is 15.4. The molecule has 5 nitrogen and oxygen atoms in total. The lowest BCUT2D eigenvalue weighted by atomic mass is 10.2. The van der Waals surface area contributed by atoms with Crippen molar-refractivity contribution in [1.82, 2.24) is 15.4 Å². The van der Waals surface area contributed by atoms with Crippen LogP contribution in [0.25, 0.3) is 11.3 Å². The third-order valence-electron chi connectivity index (χ3n) is 2.87. The molecular weight excluding hydrogens is 320 g/mol. The second-order valence-electron chi connectivity index (χ2n) is 4.36. The number of hydrazine groups is 1. The number of amides is 1. The van der Waals surface area contributed by atoms with E-state index in [1.165, 1.54) is 11.3 Å². The standard InChI is InChI=1S/C15H11ClN4OS/c16-12-3-1-10(2-4-12)13-9-22-15(18-13)20-19-14(21)11-5-7-17-8-6-11/h1-9H,(H,18,20)(H,19,21). The van der Waals surface area contributed by atoms with Crippen molar-refractivity contribution < 1.29 is 4.79 Å². The van der Waals surface area contributed by atoms with Crippen LogP contribution in [0.1, 0.15) is 10.4 Å². The zero-order valence-electron chi connectivity index (χ0n) is 11.3. The van der Waals surface area contributed by atoms with E-state index in [9.17, 15) is 4.79 Å². The number of carbonyl (C=O) groups is 1. The summed E-state index contributed by atoms with van der Waals surface area (Å²) in [6, 6.07) is 10.7. The number of halogens is 1. The zero-order valence-corrected chi connectivity index (χ0v) is 12.9. The van der Waals surface area contributed by atoms with Gasteiger partial charge in [-0.25, -0.2) is 4.98 Å². The molecule has 2 heterocycles. The van der Waals surface area contributed by atoms with Gasteiger partial charge >= 0.3 is 0 Å². The Bertz CT molecular complexity index is 774. The second kappa shape index (κ2) is 6.55. The number of nitrogens with zero attached hydrogens (tertiary/aromatic N) is 2. The number of aromatic nitrogens is 2. The van der Waals surface area contributed by atoms with E-state index in [0.29, 0.717) is 15.7 Å². The van der Waals surface area contributed by atoms with Gasteiger partial charge in [0.1, 0.15) is 0 Å². The molecule has 0 fully saturated rings. The Morgan fingerprint density at radius 1 is 1.09 bits per heavy atom. The molecule has 0 radical (unpaired) electrons. The van der Waals surface area contributed by atoms with Crippen molar-refractivity contribution in [2.24, 2.45) is 0 Å². The van der Waals surface area contributed by atoms with Gasteiger partial charge in [0.2, 0.25) is 5.13 Å². The quantitative estimate of drug-likeness (QED) is 0.717. The van der Waals surface area contributed by atoms with Crippen molar-refractivity contribution in [2.45, 2.75) is 0 Å². The molecule has 1 aromatic carbocycles. The van der Waals surface area contributed by atoms with E-state index in [1.54, 1.807) is 24.5 Å². The SMILES string of the molecule is O=C(NNc1nc(-c2ccc(Cl)cc2)cs1)c1ccncc1. The van der Waals surface area contributed by atoms with Crippen molar-refractivity contribution in [1.29, 1.82) is 0 Å². The van der Waals surface area contributed by atoms with Crippen molar-refractivity contribution >= 4 is 34.0 Å². The van der Waals surface area contributed by atoms with E-state index in [-0.39, 0.29) is 5.91 Å². The number of carbonyl (C=O) groups excluding carboxylic acids is 1. The summed E-state index contributed by atoms with van der Waals surface area (Å²) >= 11 is 7.27. The first-order valence-electron chi connectivity index (χ1n) is 6.40. The minimum Gasteiger partial charge on any atom is -0.273 e. The lowest BCUT2D eigenvalue weighted by Crippen LogP contribution is -2.29. The molecule has 0 aliphatic rings. The maximum atomic E-state index is 11.9. The van der Waals surface area contributed by atoms with Gasteiger partial charge in [-0.2, -0.15) is 0 Å². The second-order valence-corrected chi connectivity index (χ2v) is 5.65. The summed E-state index contributed by atoms with van der Waals surface area (Å²) < 4.78 is 0. The molecular formula is C15H11ClN4OS. The molecule has 2 aromatic heterocycles. The molecule has 0 saturated heterocycles. The van der Waals surface area contributed by atoms with Gasteiger partial charge in [0.25, 0.3) is 5.91 Å². The molecule has 0 aliphatic carbocycles. The van der Waals surface area contributed by atoms with Crippen molar-refractivity contribution in [3.8, 4) is 11.3 Å². The molecule has 1 amide bonds. The van der Waals surface area contributed by atoms with Gasteiger partial charge in [-0.3, -0.25) is 20.6 Å². The highest BCUT2D eigenvalue weighted by molar-refractivity contribution is 7.14. The minimum absolute atomic E-state index is 0.245. The number of hydrogen-bond acceptors (Lipinski definition) is 5. The fourth-order valence-electron chi connectivity index (χ4n) is 1.77. The summed E-state index contributed by atoms with van der Waals surface area (Å²) in [7, 11) is 0. The van der Waals surface area contributed by atoms with Crippen LogP contribution in [-0.2, 0) is 0 Å². The van der Waals surface area contributed by atoms with Gasteiger partial charge in [-0.05, 0) is 24.3 Å². The predicted molar refractivity (Wildman–Crippen MR) is 87.9 cm³/mol. The Balaban J connectivity index is 1.65. The predicted octanol–water partition coefficient (Wildman–Crippen LogP) is 3.62. The summed E-state index contributed by atoms with van der Waals surface area (Å²) in [4.78, 5) is 20.2. The van der Waals surface area contributed by atoms with Crippen molar-refractivity contribution in [2.75, 3.05) is 5.43 Å². The van der Waals surface area contributed by atoms with Crippen LogP contribution in [0.3, 0.4) is 0 Å². The topological polar surface area (TPSA) is 66.9 Å². The first-order chi connectivity index (χ1) is 10.7. The summed E-state index contributed by atoms with van der Waals surface area (Å²) in [6.45, 7) is 0. The van der Waals surface area contributed by atoms with Crippen LogP contribution in [-0.4, -0.2) is 15.9 Å². The van der Waals surface area contributed by atoms with Crippen LogP contribution in [0, 0.1) is 0 Å². The molecule has 0 unspecified atom stereocenters. The molecule has 0 atom stereocenters. The van der Waals surface area contributed by atoms with E-state index >= 15 is 0 Å². The molecule has 0 saturated carbocycles. The molecule has 0 aliphatic heterocycles. The van der Waals surface area contributed by atoms with Gasteiger partial charge in [0.15, 0.2) is 0 Å². The van der Waals surface area contributed by atoms with Gasteiger partial charge in [0.05, 0.1) is 5.69 Å². The van der Waals surface area contributed by atoms with E-state index in [0.717, 1.165) is 11.3 Å². The molecule has 3 rings (SSSR count). The molecule has 0 bridgehead atoms. The maximum Gasteiger partial charge on any atom is 0.269 e. The highest BCUT2D eigenvalue weighted by Crippen LogP contribution is 2.25. The lowest BCUT2D eigenvalue weighted by Gasteiger charge is -2.04. The Morgan fingerprint density at radius 3 is 2.55 bits per heavy atom. The molecule has 22 heavy (non-hydrogen) atoms. The normalized spacial score (nSPS) is 10.2. The van der Waals surface area contributed by atoms with Crippen LogP contribution in [0.15, 0.2) is 54.2 Å². The molecule has 7 heteroatoms. The first kappa shape index (κ1) is 14.5. The maximum absolute atomic E-state index is 11.9. The summed E-state index contributed by atoms with van der Waals surface area (Å²) in [5, 5.41) is 3.19. The summed E-state index contributed by atoms with van der Waals surface area (Å²) in [5.41, 5.74) is 7.72. The number of hydrogen-bond donors (Lipinski definition) is 2. The largest absolute Gasteiger partial charge is 0.273 e. The third-order valence-corrected chi connectivity index (χ3v) is 3.88. The number of thiazole rings is 1. The third kappa shape index (κ3) is 3.41. The smallest absolute Gasteiger partial charge is 0.269 e. The summed E-state index contributed by atoms with van der Waals surface area (Å²) in [5.74, 6) is -0.245. The van der Waals surface area contributed by atoms with Crippen LogP contribution in [0.2, 0.25) is 5.02 Å². The van der Waals surface area contributed by atoms with E-state index in [2.05, 4.69) is 20.8 Å². The fraction of sp³-hybridized carbons (Fsp3) is 0. The Labute approximate surface area is 136 Å². The number of nitrogens with one attached hydrogen (secondary N) is 2.